The molecule has 1 atom stereocenters. The molecule has 92 valence electrons. The van der Waals surface area contributed by atoms with Crippen molar-refractivity contribution < 1.29 is 9.90 Å². The van der Waals surface area contributed by atoms with Gasteiger partial charge < -0.3 is 9.67 Å². The zero-order chi connectivity index (χ0) is 12.5. The summed E-state index contributed by atoms with van der Waals surface area (Å²) in [5, 5.41) is 9.18. The quantitative estimate of drug-likeness (QED) is 0.879. The van der Waals surface area contributed by atoms with Crippen LogP contribution in [0.5, 0.6) is 0 Å². The SMILES string of the molecule is O=C(O)c1cccc2c1CCC(n1ccnc1)C2. The van der Waals surface area contributed by atoms with E-state index in [1.807, 2.05) is 24.7 Å². The lowest BCUT2D eigenvalue weighted by Gasteiger charge is -2.26. The Morgan fingerprint density at radius 2 is 2.33 bits per heavy atom. The number of hydrogen-bond acceptors (Lipinski definition) is 2. The van der Waals surface area contributed by atoms with Gasteiger partial charge >= 0.3 is 5.97 Å². The number of rotatable bonds is 2. The summed E-state index contributed by atoms with van der Waals surface area (Å²) in [5.74, 6) is -0.826. The van der Waals surface area contributed by atoms with E-state index in [1.54, 1.807) is 12.3 Å². The Bertz CT molecular complexity index is 575. The van der Waals surface area contributed by atoms with E-state index in [0.717, 1.165) is 30.4 Å². The molecule has 18 heavy (non-hydrogen) atoms. The van der Waals surface area contributed by atoms with Gasteiger partial charge in [0.1, 0.15) is 0 Å². The minimum Gasteiger partial charge on any atom is -0.478 e. The highest BCUT2D eigenvalue weighted by atomic mass is 16.4. The highest BCUT2D eigenvalue weighted by molar-refractivity contribution is 5.89. The number of benzene rings is 1. The topological polar surface area (TPSA) is 55.1 Å². The molecule has 1 unspecified atom stereocenters. The summed E-state index contributed by atoms with van der Waals surface area (Å²) in [4.78, 5) is 15.2. The van der Waals surface area contributed by atoms with Crippen LogP contribution in [-0.4, -0.2) is 20.6 Å². The molecule has 1 N–H and O–H groups in total. The first kappa shape index (κ1) is 11.0. The van der Waals surface area contributed by atoms with Crippen molar-refractivity contribution in [3.05, 3.63) is 53.6 Å². The Morgan fingerprint density at radius 1 is 1.44 bits per heavy atom. The number of carbonyl (C=O) groups is 1. The number of fused-ring (bicyclic) bond motifs is 1. The van der Waals surface area contributed by atoms with E-state index in [2.05, 4.69) is 9.55 Å². The van der Waals surface area contributed by atoms with Gasteiger partial charge in [-0.2, -0.15) is 0 Å². The average molecular weight is 242 g/mol. The van der Waals surface area contributed by atoms with Gasteiger partial charge in [-0.1, -0.05) is 12.1 Å². The molecule has 3 rings (SSSR count). The first-order valence-electron chi connectivity index (χ1n) is 6.07. The molecule has 1 aliphatic carbocycles. The maximum atomic E-state index is 11.2. The maximum Gasteiger partial charge on any atom is 0.335 e. The molecule has 2 aromatic rings. The smallest absolute Gasteiger partial charge is 0.335 e. The van der Waals surface area contributed by atoms with E-state index in [-0.39, 0.29) is 0 Å². The zero-order valence-electron chi connectivity index (χ0n) is 9.91. The molecule has 0 fully saturated rings. The standard InChI is InChI=1S/C14H14N2O2/c17-14(18)13-3-1-2-10-8-11(4-5-12(10)13)16-7-6-15-9-16/h1-3,6-7,9,11H,4-5,8H2,(H,17,18). The van der Waals surface area contributed by atoms with E-state index in [4.69, 9.17) is 0 Å². The Balaban J connectivity index is 1.94. The number of hydrogen-bond donors (Lipinski definition) is 1. The van der Waals surface area contributed by atoms with Gasteiger partial charge in [-0.25, -0.2) is 9.78 Å². The fourth-order valence-electron chi connectivity index (χ4n) is 2.73. The van der Waals surface area contributed by atoms with Crippen LogP contribution in [0.1, 0.15) is 33.9 Å². The van der Waals surface area contributed by atoms with Crippen LogP contribution in [0, 0.1) is 0 Å². The number of aromatic carboxylic acids is 1. The van der Waals surface area contributed by atoms with Crippen molar-refractivity contribution in [2.45, 2.75) is 25.3 Å². The zero-order valence-corrected chi connectivity index (χ0v) is 9.91. The highest BCUT2D eigenvalue weighted by Crippen LogP contribution is 2.30. The van der Waals surface area contributed by atoms with Gasteiger partial charge in [-0.15, -0.1) is 0 Å². The Kier molecular flexibility index (Phi) is 2.63. The molecule has 1 aromatic carbocycles. The van der Waals surface area contributed by atoms with Crippen LogP contribution in [0.3, 0.4) is 0 Å². The molecular formula is C14H14N2O2. The Morgan fingerprint density at radius 3 is 3.06 bits per heavy atom. The minimum atomic E-state index is -0.826. The number of aromatic nitrogens is 2. The van der Waals surface area contributed by atoms with Crippen LogP contribution in [0.25, 0.3) is 0 Å². The van der Waals surface area contributed by atoms with Gasteiger partial charge in [0.25, 0.3) is 0 Å². The summed E-state index contributed by atoms with van der Waals surface area (Å²) in [6, 6.07) is 5.95. The monoisotopic (exact) mass is 242 g/mol. The van der Waals surface area contributed by atoms with Gasteiger partial charge in [-0.05, 0) is 36.5 Å². The van der Waals surface area contributed by atoms with E-state index in [1.165, 1.54) is 0 Å². The summed E-state index contributed by atoms with van der Waals surface area (Å²) in [6.45, 7) is 0. The van der Waals surface area contributed by atoms with Crippen molar-refractivity contribution in [1.29, 1.82) is 0 Å². The van der Waals surface area contributed by atoms with Crippen LogP contribution in [0.2, 0.25) is 0 Å². The third-order valence-electron chi connectivity index (χ3n) is 3.63. The van der Waals surface area contributed by atoms with Gasteiger partial charge in [0.15, 0.2) is 0 Å². The summed E-state index contributed by atoms with van der Waals surface area (Å²) >= 11 is 0. The lowest BCUT2D eigenvalue weighted by Crippen LogP contribution is -2.19. The van der Waals surface area contributed by atoms with Crippen molar-refractivity contribution in [2.75, 3.05) is 0 Å². The largest absolute Gasteiger partial charge is 0.478 e. The molecule has 1 heterocycles. The fourth-order valence-corrected chi connectivity index (χ4v) is 2.73. The van der Waals surface area contributed by atoms with Crippen LogP contribution >= 0.6 is 0 Å². The van der Waals surface area contributed by atoms with E-state index >= 15 is 0 Å². The van der Waals surface area contributed by atoms with Crippen molar-refractivity contribution >= 4 is 5.97 Å². The van der Waals surface area contributed by atoms with E-state index in [0.29, 0.717) is 11.6 Å². The van der Waals surface area contributed by atoms with Crippen molar-refractivity contribution in [2.24, 2.45) is 0 Å². The van der Waals surface area contributed by atoms with Crippen LogP contribution in [0.4, 0.5) is 0 Å². The van der Waals surface area contributed by atoms with Gasteiger partial charge in [0.2, 0.25) is 0 Å². The second kappa shape index (κ2) is 4.29. The summed E-state index contributed by atoms with van der Waals surface area (Å²) in [5.41, 5.74) is 2.61. The minimum absolute atomic E-state index is 0.393. The molecule has 1 aromatic heterocycles. The average Bonchev–Trinajstić information content (AvgIpc) is 2.91. The Hall–Kier alpha value is -2.10. The molecule has 0 radical (unpaired) electrons. The molecule has 0 bridgehead atoms. The predicted octanol–water partition coefficient (Wildman–Crippen LogP) is 2.31. The molecule has 1 aliphatic rings. The van der Waals surface area contributed by atoms with Gasteiger partial charge in [0.05, 0.1) is 11.9 Å². The molecule has 0 aliphatic heterocycles. The molecule has 0 saturated heterocycles. The molecular weight excluding hydrogens is 228 g/mol. The van der Waals surface area contributed by atoms with Crippen LogP contribution < -0.4 is 0 Å². The predicted molar refractivity (Wildman–Crippen MR) is 66.7 cm³/mol. The summed E-state index contributed by atoms with van der Waals surface area (Å²) in [7, 11) is 0. The van der Waals surface area contributed by atoms with Crippen LogP contribution in [-0.2, 0) is 12.8 Å². The number of carboxylic acids is 1. The number of nitrogens with zero attached hydrogens (tertiary/aromatic N) is 2. The number of imidazole rings is 1. The van der Waals surface area contributed by atoms with Crippen molar-refractivity contribution in [3.63, 3.8) is 0 Å². The van der Waals surface area contributed by atoms with Gasteiger partial charge in [-0.3, -0.25) is 0 Å². The third kappa shape index (κ3) is 1.79. The molecule has 0 amide bonds. The Labute approximate surface area is 105 Å². The first-order chi connectivity index (χ1) is 8.75. The lowest BCUT2D eigenvalue weighted by atomic mass is 9.85. The second-order valence-corrected chi connectivity index (χ2v) is 4.65. The van der Waals surface area contributed by atoms with E-state index in [9.17, 15) is 9.90 Å². The summed E-state index contributed by atoms with van der Waals surface area (Å²) in [6.07, 6.45) is 8.25. The van der Waals surface area contributed by atoms with Crippen molar-refractivity contribution in [3.8, 4) is 0 Å². The normalized spacial score (nSPS) is 18.3. The van der Waals surface area contributed by atoms with Crippen LogP contribution in [0.15, 0.2) is 36.9 Å². The molecule has 4 nitrogen and oxygen atoms in total. The molecule has 4 heteroatoms. The molecule has 0 saturated carbocycles. The first-order valence-corrected chi connectivity index (χ1v) is 6.07. The summed E-state index contributed by atoms with van der Waals surface area (Å²) < 4.78 is 2.11. The van der Waals surface area contributed by atoms with Crippen molar-refractivity contribution in [1.82, 2.24) is 9.55 Å². The van der Waals surface area contributed by atoms with E-state index < -0.39 is 5.97 Å². The third-order valence-corrected chi connectivity index (χ3v) is 3.63. The van der Waals surface area contributed by atoms with Gasteiger partial charge in [0, 0.05) is 18.4 Å². The fraction of sp³-hybridized carbons (Fsp3) is 0.286. The number of carboxylic acid groups (broad SMARTS) is 1. The highest BCUT2D eigenvalue weighted by Gasteiger charge is 2.23. The lowest BCUT2D eigenvalue weighted by molar-refractivity contribution is 0.0695. The molecule has 0 spiro atoms. The maximum absolute atomic E-state index is 11.2. The second-order valence-electron chi connectivity index (χ2n) is 4.65.